The number of fused-ring (bicyclic) bond motifs is 1. The van der Waals surface area contributed by atoms with E-state index in [-0.39, 0.29) is 0 Å². The third-order valence-electron chi connectivity index (χ3n) is 5.74. The number of para-hydroxylation sites is 1. The van der Waals surface area contributed by atoms with Crippen molar-refractivity contribution in [2.45, 2.75) is 18.9 Å². The summed E-state index contributed by atoms with van der Waals surface area (Å²) in [5, 5.41) is 6.04. The van der Waals surface area contributed by atoms with Crippen LogP contribution in [0.5, 0.6) is 0 Å². The zero-order valence-electron chi connectivity index (χ0n) is 17.4. The van der Waals surface area contributed by atoms with Gasteiger partial charge in [0, 0.05) is 40.7 Å². The molecule has 2 aromatic carbocycles. The van der Waals surface area contributed by atoms with E-state index < -0.39 is 0 Å². The van der Waals surface area contributed by atoms with Gasteiger partial charge in [0.2, 0.25) is 0 Å². The second-order valence-corrected chi connectivity index (χ2v) is 8.05. The van der Waals surface area contributed by atoms with E-state index in [4.69, 9.17) is 5.10 Å². The van der Waals surface area contributed by atoms with E-state index in [9.17, 15) is 0 Å². The minimum atomic E-state index is 0.531. The van der Waals surface area contributed by atoms with Crippen molar-refractivity contribution in [3.8, 4) is 34.2 Å². The van der Waals surface area contributed by atoms with Crippen LogP contribution >= 0.6 is 0 Å². The lowest BCUT2D eigenvalue weighted by Gasteiger charge is -2.03. The predicted molar refractivity (Wildman–Crippen MR) is 127 cm³/mol. The fourth-order valence-corrected chi connectivity index (χ4v) is 3.86. The SMILES string of the molecule is C(#Cc1ccc2ccccc2n1)c1ccc(-c2nn(C3CC3)cc2-c2ccncc2)cc1. The number of nitrogens with zero attached hydrogens (tertiary/aromatic N) is 4. The molecular weight excluding hydrogens is 392 g/mol. The van der Waals surface area contributed by atoms with Crippen LogP contribution < -0.4 is 0 Å². The Morgan fingerprint density at radius 1 is 0.781 bits per heavy atom. The summed E-state index contributed by atoms with van der Waals surface area (Å²) in [7, 11) is 0. The molecular formula is C28H20N4. The lowest BCUT2D eigenvalue weighted by atomic mass is 10.0. The van der Waals surface area contributed by atoms with Gasteiger partial charge in [0.05, 0.1) is 11.6 Å². The maximum atomic E-state index is 4.92. The molecule has 0 bridgehead atoms. The molecule has 5 aromatic rings. The average Bonchev–Trinajstić information content (AvgIpc) is 3.62. The van der Waals surface area contributed by atoms with Crippen LogP contribution in [0.15, 0.2) is 91.4 Å². The molecule has 1 fully saturated rings. The Labute approximate surface area is 186 Å². The normalized spacial score (nSPS) is 13.0. The van der Waals surface area contributed by atoms with Gasteiger partial charge in [-0.25, -0.2) is 4.98 Å². The van der Waals surface area contributed by atoms with E-state index in [0.717, 1.165) is 44.5 Å². The van der Waals surface area contributed by atoms with Crippen molar-refractivity contribution in [1.29, 1.82) is 0 Å². The maximum absolute atomic E-state index is 4.92. The maximum Gasteiger partial charge on any atom is 0.114 e. The van der Waals surface area contributed by atoms with Gasteiger partial charge in [-0.15, -0.1) is 0 Å². The molecule has 1 saturated carbocycles. The molecule has 1 aliphatic rings. The number of hydrogen-bond acceptors (Lipinski definition) is 3. The Morgan fingerprint density at radius 2 is 1.59 bits per heavy atom. The Hall–Kier alpha value is -4.23. The Bertz CT molecular complexity index is 1470. The topological polar surface area (TPSA) is 43.6 Å². The molecule has 3 heterocycles. The largest absolute Gasteiger partial charge is 0.268 e. The molecule has 0 atom stereocenters. The first-order chi connectivity index (χ1) is 15.8. The van der Waals surface area contributed by atoms with Crippen molar-refractivity contribution in [3.63, 3.8) is 0 Å². The Kier molecular flexibility index (Phi) is 4.51. The molecule has 0 aliphatic heterocycles. The van der Waals surface area contributed by atoms with Gasteiger partial charge in [-0.3, -0.25) is 9.67 Å². The summed E-state index contributed by atoms with van der Waals surface area (Å²) in [6.45, 7) is 0. The van der Waals surface area contributed by atoms with Crippen molar-refractivity contribution in [2.75, 3.05) is 0 Å². The highest BCUT2D eigenvalue weighted by Crippen LogP contribution is 2.38. The summed E-state index contributed by atoms with van der Waals surface area (Å²) in [5.41, 5.74) is 7.05. The van der Waals surface area contributed by atoms with Crippen LogP contribution in [0.4, 0.5) is 0 Å². The quantitative estimate of drug-likeness (QED) is 0.347. The summed E-state index contributed by atoms with van der Waals surface area (Å²) in [5.74, 6) is 6.43. The van der Waals surface area contributed by atoms with E-state index in [0.29, 0.717) is 6.04 Å². The standard InChI is InChI=1S/C28H20N4/c1-2-4-27-22(3-1)10-12-24(30-27)11-7-20-5-8-23(9-6-20)28-26(21-15-17-29-18-16-21)19-32(31-28)25-13-14-25/h1-6,8-10,12,15-19,25H,13-14H2. The molecule has 0 spiro atoms. The van der Waals surface area contributed by atoms with Gasteiger partial charge < -0.3 is 0 Å². The van der Waals surface area contributed by atoms with E-state index in [1.54, 1.807) is 0 Å². The fraction of sp³-hybridized carbons (Fsp3) is 0.107. The van der Waals surface area contributed by atoms with Crippen LogP contribution in [0, 0.1) is 11.8 Å². The van der Waals surface area contributed by atoms with Crippen molar-refractivity contribution < 1.29 is 0 Å². The summed E-state index contributed by atoms with van der Waals surface area (Å²) < 4.78 is 2.12. The van der Waals surface area contributed by atoms with Gasteiger partial charge in [0.1, 0.15) is 11.4 Å². The highest BCUT2D eigenvalue weighted by atomic mass is 15.3. The zero-order chi connectivity index (χ0) is 21.3. The number of rotatable bonds is 3. The number of pyridine rings is 2. The van der Waals surface area contributed by atoms with Gasteiger partial charge in [0.15, 0.2) is 0 Å². The van der Waals surface area contributed by atoms with Gasteiger partial charge in [-0.05, 0) is 60.7 Å². The molecule has 6 rings (SSSR count). The Balaban J connectivity index is 1.31. The monoisotopic (exact) mass is 412 g/mol. The zero-order valence-corrected chi connectivity index (χ0v) is 17.4. The van der Waals surface area contributed by atoms with Crippen LogP contribution in [0.1, 0.15) is 30.1 Å². The molecule has 152 valence electrons. The molecule has 32 heavy (non-hydrogen) atoms. The van der Waals surface area contributed by atoms with Crippen LogP contribution in [-0.2, 0) is 0 Å². The summed E-state index contributed by atoms with van der Waals surface area (Å²) in [6.07, 6.45) is 8.23. The highest BCUT2D eigenvalue weighted by molar-refractivity contribution is 5.81. The van der Waals surface area contributed by atoms with Crippen LogP contribution in [0.3, 0.4) is 0 Å². The lowest BCUT2D eigenvalue weighted by Crippen LogP contribution is -1.93. The molecule has 4 nitrogen and oxygen atoms in total. The first kappa shape index (κ1) is 18.5. The molecule has 0 N–H and O–H groups in total. The molecule has 4 heteroatoms. The Morgan fingerprint density at radius 3 is 2.41 bits per heavy atom. The molecule has 0 unspecified atom stereocenters. The summed E-state index contributed by atoms with van der Waals surface area (Å²) in [4.78, 5) is 8.79. The van der Waals surface area contributed by atoms with Gasteiger partial charge in [-0.1, -0.05) is 42.3 Å². The first-order valence-electron chi connectivity index (χ1n) is 10.8. The summed E-state index contributed by atoms with van der Waals surface area (Å²) in [6, 6.07) is 25.0. The van der Waals surface area contributed by atoms with E-state index in [1.165, 1.54) is 12.8 Å². The van der Waals surface area contributed by atoms with Gasteiger partial charge >= 0.3 is 0 Å². The van der Waals surface area contributed by atoms with E-state index in [2.05, 4.69) is 69.1 Å². The van der Waals surface area contributed by atoms with Gasteiger partial charge in [-0.2, -0.15) is 5.10 Å². The fourth-order valence-electron chi connectivity index (χ4n) is 3.86. The van der Waals surface area contributed by atoms with Crippen molar-refractivity contribution in [2.24, 2.45) is 0 Å². The molecule has 3 aromatic heterocycles. The third kappa shape index (κ3) is 3.66. The van der Waals surface area contributed by atoms with E-state index >= 15 is 0 Å². The third-order valence-corrected chi connectivity index (χ3v) is 5.74. The summed E-state index contributed by atoms with van der Waals surface area (Å²) >= 11 is 0. The van der Waals surface area contributed by atoms with Gasteiger partial charge in [0.25, 0.3) is 0 Å². The first-order valence-corrected chi connectivity index (χ1v) is 10.8. The van der Waals surface area contributed by atoms with Crippen molar-refractivity contribution >= 4 is 10.9 Å². The van der Waals surface area contributed by atoms with Crippen LogP contribution in [-0.4, -0.2) is 19.7 Å². The smallest absolute Gasteiger partial charge is 0.114 e. The number of aromatic nitrogens is 4. The minimum absolute atomic E-state index is 0.531. The second-order valence-electron chi connectivity index (χ2n) is 8.05. The molecule has 1 aliphatic carbocycles. The number of benzene rings is 2. The van der Waals surface area contributed by atoms with Crippen LogP contribution in [0.25, 0.3) is 33.3 Å². The minimum Gasteiger partial charge on any atom is -0.268 e. The lowest BCUT2D eigenvalue weighted by molar-refractivity contribution is 0.644. The molecule has 0 radical (unpaired) electrons. The van der Waals surface area contributed by atoms with Crippen molar-refractivity contribution in [3.05, 3.63) is 103 Å². The molecule has 0 amide bonds. The highest BCUT2D eigenvalue weighted by Gasteiger charge is 2.26. The molecule has 0 saturated heterocycles. The van der Waals surface area contributed by atoms with Crippen LogP contribution in [0.2, 0.25) is 0 Å². The van der Waals surface area contributed by atoms with Crippen molar-refractivity contribution in [1.82, 2.24) is 19.7 Å². The predicted octanol–water partition coefficient (Wildman–Crippen LogP) is 5.90. The number of hydrogen-bond donors (Lipinski definition) is 0. The van der Waals surface area contributed by atoms with E-state index in [1.807, 2.05) is 48.8 Å². The average molecular weight is 412 g/mol. The second kappa shape index (κ2) is 7.79.